The number of benzene rings is 1. The number of fused-ring (bicyclic) bond motifs is 1. The van der Waals surface area contributed by atoms with Crippen LogP contribution in [0.2, 0.25) is 0 Å². The average molecular weight is 499 g/mol. The lowest BCUT2D eigenvalue weighted by Crippen LogP contribution is -2.56. The predicted octanol–water partition coefficient (Wildman–Crippen LogP) is 2.09. The molecule has 0 aliphatic carbocycles. The van der Waals surface area contributed by atoms with E-state index in [9.17, 15) is 19.5 Å². The van der Waals surface area contributed by atoms with Crippen molar-refractivity contribution in [2.24, 2.45) is 11.8 Å². The van der Waals surface area contributed by atoms with E-state index in [1.54, 1.807) is 47.3 Å². The maximum Gasteiger partial charge on any atom is 0.312 e. The third-order valence-corrected chi connectivity index (χ3v) is 7.42. The molecule has 3 aliphatic heterocycles. The molecule has 1 aromatic rings. The highest BCUT2D eigenvalue weighted by atomic mass is 16.6. The zero-order valence-electron chi connectivity index (χ0n) is 20.6. The first-order valence-electron chi connectivity index (χ1n) is 12.4. The van der Waals surface area contributed by atoms with E-state index < -0.39 is 35.6 Å². The molecule has 9 nitrogen and oxygen atoms in total. The van der Waals surface area contributed by atoms with Crippen molar-refractivity contribution in [3.05, 3.63) is 49.6 Å². The highest BCUT2D eigenvalue weighted by Crippen LogP contribution is 2.59. The number of hydrogen-bond acceptors (Lipinski definition) is 7. The van der Waals surface area contributed by atoms with Crippen LogP contribution >= 0.6 is 0 Å². The monoisotopic (exact) mass is 498 g/mol. The Balaban J connectivity index is 1.72. The lowest BCUT2D eigenvalue weighted by molar-refractivity contribution is -0.154. The number of amides is 2. The molecule has 0 radical (unpaired) electrons. The van der Waals surface area contributed by atoms with Crippen LogP contribution in [0.4, 0.5) is 5.69 Å². The molecule has 194 valence electrons. The zero-order chi connectivity index (χ0) is 25.9. The summed E-state index contributed by atoms with van der Waals surface area (Å²) in [6.07, 6.45) is 4.71. The van der Waals surface area contributed by atoms with Crippen molar-refractivity contribution in [1.82, 2.24) is 4.90 Å². The molecule has 0 saturated carbocycles. The largest absolute Gasteiger partial charge is 0.497 e. The van der Waals surface area contributed by atoms with Crippen molar-refractivity contribution in [1.29, 1.82) is 0 Å². The predicted molar refractivity (Wildman–Crippen MR) is 132 cm³/mol. The van der Waals surface area contributed by atoms with E-state index in [4.69, 9.17) is 14.2 Å². The zero-order valence-corrected chi connectivity index (χ0v) is 20.6. The van der Waals surface area contributed by atoms with Gasteiger partial charge in [-0.05, 0) is 49.9 Å². The van der Waals surface area contributed by atoms with Crippen LogP contribution in [-0.2, 0) is 23.9 Å². The van der Waals surface area contributed by atoms with Gasteiger partial charge in [-0.15, -0.1) is 6.58 Å². The standard InChI is InChI=1S/C27H34N2O7/c1-4-14-28(18-8-10-19(34-3)11-9-18)25(32)23-27-13-12-20(36-27)21(26(33)35-17-5-2)22(27)24(31)29(23)15-6-7-16-30/h4-5,8-11,20-23,30H,1-2,6-7,12-17H2,3H3/t20-,21+,22-,23?,27?/m0/s1. The number of methoxy groups -OCH3 is 1. The van der Waals surface area contributed by atoms with Crippen molar-refractivity contribution < 1.29 is 33.7 Å². The van der Waals surface area contributed by atoms with E-state index in [2.05, 4.69) is 13.2 Å². The normalized spacial score (nSPS) is 28.1. The van der Waals surface area contributed by atoms with Crippen LogP contribution in [0.1, 0.15) is 25.7 Å². The highest BCUT2D eigenvalue weighted by Gasteiger charge is 2.75. The molecule has 4 rings (SSSR count). The molecule has 2 amide bonds. The van der Waals surface area contributed by atoms with Gasteiger partial charge in [0.1, 0.15) is 24.0 Å². The average Bonchev–Trinajstić information content (AvgIpc) is 3.53. The fourth-order valence-corrected chi connectivity index (χ4v) is 5.93. The number of aliphatic hydroxyl groups is 1. The third-order valence-electron chi connectivity index (χ3n) is 7.42. The number of carbonyl (C=O) groups is 3. The van der Waals surface area contributed by atoms with Crippen LogP contribution in [-0.4, -0.2) is 79.0 Å². The molecule has 0 aromatic heterocycles. The Labute approximate surface area is 211 Å². The molecular weight excluding hydrogens is 464 g/mol. The van der Waals surface area contributed by atoms with E-state index in [1.807, 2.05) is 0 Å². The molecule has 3 fully saturated rings. The van der Waals surface area contributed by atoms with Crippen LogP contribution in [0.3, 0.4) is 0 Å². The van der Waals surface area contributed by atoms with Gasteiger partial charge in [0.25, 0.3) is 5.91 Å². The quantitative estimate of drug-likeness (QED) is 0.267. The Hall–Kier alpha value is -3.17. The minimum absolute atomic E-state index is 0.0151. The van der Waals surface area contributed by atoms with Gasteiger partial charge in [-0.3, -0.25) is 14.4 Å². The van der Waals surface area contributed by atoms with Crippen molar-refractivity contribution >= 4 is 23.5 Å². The van der Waals surface area contributed by atoms with E-state index in [0.717, 1.165) is 0 Å². The Kier molecular flexibility index (Phi) is 7.80. The Morgan fingerprint density at radius 3 is 2.64 bits per heavy atom. The summed E-state index contributed by atoms with van der Waals surface area (Å²) in [5.74, 6) is -1.97. The molecule has 1 spiro atoms. The summed E-state index contributed by atoms with van der Waals surface area (Å²) >= 11 is 0. The number of rotatable bonds is 12. The Morgan fingerprint density at radius 2 is 2.00 bits per heavy atom. The molecule has 36 heavy (non-hydrogen) atoms. The maximum atomic E-state index is 14.2. The maximum absolute atomic E-state index is 14.2. The number of unbranched alkanes of at least 4 members (excludes halogenated alkanes) is 1. The first-order chi connectivity index (χ1) is 17.4. The molecular formula is C27H34N2O7. The van der Waals surface area contributed by atoms with Gasteiger partial charge >= 0.3 is 5.97 Å². The molecule has 1 aromatic carbocycles. The van der Waals surface area contributed by atoms with Gasteiger partial charge in [-0.2, -0.15) is 0 Å². The van der Waals surface area contributed by atoms with Crippen molar-refractivity contribution in [2.75, 3.05) is 38.3 Å². The van der Waals surface area contributed by atoms with E-state index >= 15 is 0 Å². The molecule has 1 N–H and O–H groups in total. The molecule has 3 saturated heterocycles. The summed E-state index contributed by atoms with van der Waals surface area (Å²) in [5, 5.41) is 9.30. The number of anilines is 1. The van der Waals surface area contributed by atoms with Gasteiger partial charge in [0, 0.05) is 25.4 Å². The molecule has 9 heteroatoms. The number of carbonyl (C=O) groups excluding carboxylic acids is 3. The Bertz CT molecular complexity index is 1010. The Morgan fingerprint density at radius 1 is 1.25 bits per heavy atom. The highest BCUT2D eigenvalue weighted by molar-refractivity contribution is 6.04. The summed E-state index contributed by atoms with van der Waals surface area (Å²) in [5.41, 5.74) is -0.472. The molecule has 2 bridgehead atoms. The first-order valence-corrected chi connectivity index (χ1v) is 12.4. The minimum Gasteiger partial charge on any atom is -0.497 e. The van der Waals surface area contributed by atoms with E-state index in [-0.39, 0.29) is 38.1 Å². The first kappa shape index (κ1) is 25.9. The SMILES string of the molecule is C=CCOC(=O)[C@@H]1[C@@H]2CCC3(O2)C(C(=O)N(CC=C)c2ccc(OC)cc2)N(CCCCO)C(=O)[C@H]13. The lowest BCUT2D eigenvalue weighted by Gasteiger charge is -2.36. The van der Waals surface area contributed by atoms with Crippen LogP contribution < -0.4 is 9.64 Å². The fourth-order valence-electron chi connectivity index (χ4n) is 5.93. The summed E-state index contributed by atoms with van der Waals surface area (Å²) in [7, 11) is 1.57. The van der Waals surface area contributed by atoms with Crippen molar-refractivity contribution in [3.8, 4) is 5.75 Å². The second-order valence-electron chi connectivity index (χ2n) is 9.37. The van der Waals surface area contributed by atoms with Crippen LogP contribution in [0, 0.1) is 11.8 Å². The fraction of sp³-hybridized carbons (Fsp3) is 0.519. The minimum atomic E-state index is -1.11. The molecule has 2 unspecified atom stereocenters. The van der Waals surface area contributed by atoms with Gasteiger partial charge in [0.2, 0.25) is 5.91 Å². The topological polar surface area (TPSA) is 106 Å². The van der Waals surface area contributed by atoms with Crippen LogP contribution in [0.5, 0.6) is 5.75 Å². The van der Waals surface area contributed by atoms with E-state index in [1.165, 1.54) is 6.08 Å². The summed E-state index contributed by atoms with van der Waals surface area (Å²) < 4.78 is 17.0. The lowest BCUT2D eigenvalue weighted by atomic mass is 9.70. The number of esters is 1. The molecule has 3 aliphatic rings. The summed E-state index contributed by atoms with van der Waals surface area (Å²) in [6.45, 7) is 7.93. The second kappa shape index (κ2) is 10.8. The van der Waals surface area contributed by atoms with Gasteiger partial charge in [0.05, 0.1) is 25.0 Å². The van der Waals surface area contributed by atoms with Gasteiger partial charge in [0.15, 0.2) is 0 Å². The molecule has 5 atom stereocenters. The van der Waals surface area contributed by atoms with Gasteiger partial charge < -0.3 is 29.1 Å². The second-order valence-corrected chi connectivity index (χ2v) is 9.37. The number of hydrogen-bond donors (Lipinski definition) is 1. The van der Waals surface area contributed by atoms with Crippen molar-refractivity contribution in [3.63, 3.8) is 0 Å². The number of nitrogens with zero attached hydrogens (tertiary/aromatic N) is 2. The number of ether oxygens (including phenoxy) is 3. The summed E-state index contributed by atoms with van der Waals surface area (Å²) in [6, 6.07) is 6.19. The smallest absolute Gasteiger partial charge is 0.312 e. The van der Waals surface area contributed by atoms with Gasteiger partial charge in [-0.1, -0.05) is 18.7 Å². The number of aliphatic hydroxyl groups excluding tert-OH is 1. The third kappa shape index (κ3) is 4.30. The number of likely N-dealkylation sites (tertiary alicyclic amines) is 1. The van der Waals surface area contributed by atoms with Crippen LogP contribution in [0.25, 0.3) is 0 Å². The van der Waals surface area contributed by atoms with Gasteiger partial charge in [-0.25, -0.2) is 0 Å². The molecule has 3 heterocycles. The van der Waals surface area contributed by atoms with E-state index in [0.29, 0.717) is 37.1 Å². The summed E-state index contributed by atoms with van der Waals surface area (Å²) in [4.78, 5) is 44.2. The van der Waals surface area contributed by atoms with Crippen molar-refractivity contribution in [2.45, 2.75) is 43.4 Å². The van der Waals surface area contributed by atoms with Crippen LogP contribution in [0.15, 0.2) is 49.6 Å².